The number of aryl methyl sites for hydroxylation is 1. The molecule has 5 aliphatic heterocycles. The molecule has 264 valence electrons. The van der Waals surface area contributed by atoms with E-state index < -0.39 is 17.5 Å². The third-order valence-corrected chi connectivity index (χ3v) is 13.4. The Morgan fingerprint density at radius 2 is 1.90 bits per heavy atom. The van der Waals surface area contributed by atoms with Gasteiger partial charge in [0.05, 0.1) is 49.5 Å². The summed E-state index contributed by atoms with van der Waals surface area (Å²) in [6, 6.07) is 3.47. The first-order valence-corrected chi connectivity index (χ1v) is 18.6. The Kier molecular flexibility index (Phi) is 8.64. The van der Waals surface area contributed by atoms with Crippen LogP contribution in [-0.2, 0) is 38.1 Å². The molecule has 0 unspecified atom stereocenters. The summed E-state index contributed by atoms with van der Waals surface area (Å²) in [4.78, 5) is 63.2. The zero-order chi connectivity index (χ0) is 34.0. The second kappa shape index (κ2) is 12.8. The fourth-order valence-corrected chi connectivity index (χ4v) is 11.4. The molecule has 14 heteroatoms. The van der Waals surface area contributed by atoms with Gasteiger partial charge in [-0.25, -0.2) is 9.59 Å². The van der Waals surface area contributed by atoms with E-state index >= 15 is 0 Å². The highest BCUT2D eigenvalue weighted by Crippen LogP contribution is 2.75. The SMILES string of the molecule is Cc1cc(=O)cc2c3c1[C@@H]1O[C@H]4[C@@H]5OC(=O)[C@](C[C@@H]2OC(=O)COCCOCCNC(=O)CCCC[C@@H]2SC[C@@H]6NC(=O)N[C@@H]62)([C@@H]4C)[C@H]3[C@@H]51. The first-order valence-electron chi connectivity index (χ1n) is 17.5. The predicted molar refractivity (Wildman–Crippen MR) is 175 cm³/mol. The Labute approximate surface area is 288 Å². The Morgan fingerprint density at radius 1 is 1.06 bits per heavy atom. The second-order valence-corrected chi connectivity index (χ2v) is 15.8. The van der Waals surface area contributed by atoms with Crippen LogP contribution in [0.25, 0.3) is 0 Å². The summed E-state index contributed by atoms with van der Waals surface area (Å²) in [5.74, 6) is -0.189. The lowest BCUT2D eigenvalue weighted by Gasteiger charge is -2.58. The van der Waals surface area contributed by atoms with Gasteiger partial charge in [-0.1, -0.05) is 13.3 Å². The summed E-state index contributed by atoms with van der Waals surface area (Å²) < 4.78 is 29.6. The van der Waals surface area contributed by atoms with Crippen molar-refractivity contribution in [1.82, 2.24) is 16.0 Å². The van der Waals surface area contributed by atoms with Crippen LogP contribution in [0.2, 0.25) is 0 Å². The Hall–Kier alpha value is -3.20. The number of ether oxygens (including phenoxy) is 5. The first kappa shape index (κ1) is 33.0. The molecule has 3 N–H and O–H groups in total. The molecule has 0 aromatic heterocycles. The summed E-state index contributed by atoms with van der Waals surface area (Å²) in [7, 11) is 0. The lowest BCUT2D eigenvalue weighted by atomic mass is 9.49. The number of urea groups is 1. The van der Waals surface area contributed by atoms with E-state index in [0.717, 1.165) is 41.7 Å². The number of thioether (sulfide) groups is 1. The van der Waals surface area contributed by atoms with Crippen LogP contribution in [-0.4, -0.2) is 92.1 Å². The molecule has 5 saturated heterocycles. The number of nitrogens with one attached hydrogen (secondary N) is 3. The topological polar surface area (TPSA) is 168 Å². The molecule has 11 atom stereocenters. The van der Waals surface area contributed by atoms with Crippen molar-refractivity contribution in [2.75, 3.05) is 38.7 Å². The van der Waals surface area contributed by atoms with Crippen LogP contribution in [0.3, 0.4) is 0 Å². The van der Waals surface area contributed by atoms with E-state index in [4.69, 9.17) is 23.7 Å². The van der Waals surface area contributed by atoms with Crippen LogP contribution in [0.15, 0.2) is 16.9 Å². The van der Waals surface area contributed by atoms with Gasteiger partial charge in [-0.3, -0.25) is 14.4 Å². The molecule has 1 aromatic rings. The molecule has 0 radical (unpaired) electrons. The quantitative estimate of drug-likeness (QED) is 0.148. The summed E-state index contributed by atoms with van der Waals surface area (Å²) in [6.07, 6.45) is 1.81. The molecule has 1 aromatic carbocycles. The number of unbranched alkanes of at least 4 members (excludes halogenated alkanes) is 1. The maximum Gasteiger partial charge on any atom is 0.332 e. The first-order chi connectivity index (χ1) is 23.7. The number of carbonyl (C=O) groups is 4. The van der Waals surface area contributed by atoms with Gasteiger partial charge in [-0.15, -0.1) is 0 Å². The third-order valence-electron chi connectivity index (χ3n) is 11.9. The fourth-order valence-electron chi connectivity index (χ4n) is 9.85. The molecule has 9 rings (SSSR count). The van der Waals surface area contributed by atoms with Gasteiger partial charge in [-0.2, -0.15) is 11.8 Å². The Balaban J connectivity index is 0.769. The molecule has 49 heavy (non-hydrogen) atoms. The Morgan fingerprint density at radius 3 is 2.76 bits per heavy atom. The van der Waals surface area contributed by atoms with Crippen LogP contribution in [0.1, 0.15) is 79.4 Å². The standard InChI is InChI=1S/C35H43N3O10S/c1-16-11-18(39)12-19-21(13-35-17(2)30-32(48-33(35)42)27-28(35)26(19)25(16)31(27)47-30)46-24(41)14-45-10-9-44-8-7-36-23(40)6-4-3-5-22-29-20(15-49-22)37-34(43)38-29/h11-12,17,20-22,27-32H,3-10,13-15H2,1-2H3,(H,36,40)(H2,37,38,43)/t17-,20+,21+,22+,27-,28-,29+,30-,31+,32-,35-/m1/s1. The molecule has 1 spiro atoms. The van der Waals surface area contributed by atoms with E-state index in [1.165, 1.54) is 0 Å². The summed E-state index contributed by atoms with van der Waals surface area (Å²) in [5, 5.41) is 9.19. The predicted octanol–water partition coefficient (Wildman–Crippen LogP) is 1.93. The molecule has 3 amide bonds. The molecule has 6 fully saturated rings. The zero-order valence-electron chi connectivity index (χ0n) is 27.7. The molecule has 4 bridgehead atoms. The van der Waals surface area contributed by atoms with Crippen LogP contribution >= 0.6 is 11.8 Å². The largest absolute Gasteiger partial charge is 0.459 e. The minimum Gasteiger partial charge on any atom is -0.459 e. The van der Waals surface area contributed by atoms with Gasteiger partial charge in [0.1, 0.15) is 18.8 Å². The molecule has 8 aliphatic rings. The van der Waals surface area contributed by atoms with Crippen molar-refractivity contribution in [3.05, 3.63) is 44.6 Å². The number of esters is 2. The molecular weight excluding hydrogens is 654 g/mol. The molecule has 1 saturated carbocycles. The summed E-state index contributed by atoms with van der Waals surface area (Å²) in [5.41, 5.74) is 2.28. The number of fused-ring (bicyclic) bond motifs is 3. The van der Waals surface area contributed by atoms with Crippen molar-refractivity contribution in [3.8, 4) is 0 Å². The highest BCUT2D eigenvalue weighted by atomic mass is 32.2. The van der Waals surface area contributed by atoms with Gasteiger partial charge >= 0.3 is 18.0 Å². The van der Waals surface area contributed by atoms with Crippen molar-refractivity contribution in [2.24, 2.45) is 17.3 Å². The van der Waals surface area contributed by atoms with E-state index in [1.807, 2.05) is 25.6 Å². The highest BCUT2D eigenvalue weighted by Gasteiger charge is 2.77. The number of carbonyl (C=O) groups excluding carboxylic acids is 4. The van der Waals surface area contributed by atoms with E-state index in [2.05, 4.69) is 16.0 Å². The van der Waals surface area contributed by atoms with Gasteiger partial charge < -0.3 is 39.6 Å². The normalized spacial score (nSPS) is 36.6. The van der Waals surface area contributed by atoms with Crippen LogP contribution in [0.4, 0.5) is 4.79 Å². The van der Waals surface area contributed by atoms with E-state index in [9.17, 15) is 24.0 Å². The second-order valence-electron chi connectivity index (χ2n) is 14.5. The average molecular weight is 698 g/mol. The summed E-state index contributed by atoms with van der Waals surface area (Å²) >= 11 is 1.88. The molecular formula is C35H43N3O10S. The van der Waals surface area contributed by atoms with Crippen LogP contribution in [0, 0.1) is 24.2 Å². The highest BCUT2D eigenvalue weighted by molar-refractivity contribution is 8.00. The van der Waals surface area contributed by atoms with Crippen molar-refractivity contribution >= 4 is 35.6 Å². The maximum absolute atomic E-state index is 13.6. The lowest BCUT2D eigenvalue weighted by molar-refractivity contribution is -0.222. The van der Waals surface area contributed by atoms with Crippen molar-refractivity contribution < 1.29 is 42.9 Å². The average Bonchev–Trinajstić information content (AvgIpc) is 3.77. The van der Waals surface area contributed by atoms with Crippen molar-refractivity contribution in [3.63, 3.8) is 0 Å². The lowest BCUT2D eigenvalue weighted by Crippen LogP contribution is -2.65. The molecule has 5 heterocycles. The summed E-state index contributed by atoms with van der Waals surface area (Å²) in [6.45, 7) is 4.71. The van der Waals surface area contributed by atoms with Gasteiger partial charge in [0.15, 0.2) is 5.43 Å². The smallest absolute Gasteiger partial charge is 0.332 e. The van der Waals surface area contributed by atoms with Gasteiger partial charge in [0.2, 0.25) is 5.91 Å². The van der Waals surface area contributed by atoms with E-state index in [-0.39, 0.29) is 97.7 Å². The van der Waals surface area contributed by atoms with Crippen molar-refractivity contribution in [1.29, 1.82) is 0 Å². The molecule has 3 aliphatic carbocycles. The van der Waals surface area contributed by atoms with Crippen molar-refractivity contribution in [2.45, 2.75) is 93.6 Å². The van der Waals surface area contributed by atoms with Gasteiger partial charge in [-0.05, 0) is 48.6 Å². The maximum atomic E-state index is 13.6. The fraction of sp³-hybridized carbons (Fsp3) is 0.686. The minimum absolute atomic E-state index is 0.00778. The zero-order valence-corrected chi connectivity index (χ0v) is 28.5. The monoisotopic (exact) mass is 697 g/mol. The molecule has 13 nitrogen and oxygen atoms in total. The number of hydrogen-bond donors (Lipinski definition) is 3. The number of rotatable bonds is 14. The third kappa shape index (κ3) is 5.44. The van der Waals surface area contributed by atoms with E-state index in [1.54, 1.807) is 12.1 Å². The van der Waals surface area contributed by atoms with E-state index in [0.29, 0.717) is 30.4 Å². The Bertz CT molecular complexity index is 1620. The van der Waals surface area contributed by atoms with Crippen LogP contribution in [0.5, 0.6) is 0 Å². The minimum atomic E-state index is -0.887. The number of hydrogen-bond acceptors (Lipinski definition) is 11. The number of amides is 3. The van der Waals surface area contributed by atoms with Gasteiger partial charge in [0.25, 0.3) is 0 Å². The van der Waals surface area contributed by atoms with Gasteiger partial charge in [0, 0.05) is 53.7 Å². The van der Waals surface area contributed by atoms with Crippen LogP contribution < -0.4 is 21.4 Å².